The summed E-state index contributed by atoms with van der Waals surface area (Å²) >= 11 is 3.47. The number of carbonyl (C=O) groups excluding carboxylic acids is 2. The number of likely N-dealkylation sites (tertiary alicyclic amines) is 1. The molecule has 0 aromatic heterocycles. The summed E-state index contributed by atoms with van der Waals surface area (Å²) in [7, 11) is 1.37. The monoisotopic (exact) mass is 451 g/mol. The number of alkyl halides is 1. The van der Waals surface area contributed by atoms with Gasteiger partial charge in [-0.2, -0.15) is 0 Å². The fourth-order valence-electron chi connectivity index (χ4n) is 3.47. The first kappa shape index (κ1) is 20.7. The molecule has 0 aliphatic carbocycles. The molecule has 1 aromatic carbocycles. The summed E-state index contributed by atoms with van der Waals surface area (Å²) in [6, 6.07) is 3.63. The summed E-state index contributed by atoms with van der Waals surface area (Å²) in [6.07, 6.45) is 5.13. The lowest BCUT2D eigenvalue weighted by molar-refractivity contribution is -0.00130. The topological polar surface area (TPSA) is 65.1 Å². The lowest BCUT2D eigenvalue weighted by Gasteiger charge is -2.42. The van der Waals surface area contributed by atoms with Gasteiger partial charge in [-0.05, 0) is 32.9 Å². The van der Waals surface area contributed by atoms with Crippen LogP contribution >= 0.6 is 15.9 Å². The minimum Gasteiger partial charge on any atom is -0.482 e. The highest BCUT2D eigenvalue weighted by molar-refractivity contribution is 9.08. The lowest BCUT2D eigenvalue weighted by Crippen LogP contribution is -2.50. The van der Waals surface area contributed by atoms with Gasteiger partial charge in [0.15, 0.2) is 0 Å². The van der Waals surface area contributed by atoms with Gasteiger partial charge in [-0.1, -0.05) is 28.1 Å². The number of amides is 1. The van der Waals surface area contributed by atoms with Crippen LogP contribution in [-0.2, 0) is 14.8 Å². The van der Waals surface area contributed by atoms with Crippen LogP contribution in [0.5, 0.6) is 5.75 Å². The second-order valence-corrected chi connectivity index (χ2v) is 8.66. The van der Waals surface area contributed by atoms with Crippen LogP contribution in [0.4, 0.5) is 4.79 Å². The first-order valence-corrected chi connectivity index (χ1v) is 10.5. The molecule has 152 valence electrons. The zero-order valence-electron chi connectivity index (χ0n) is 16.7. The van der Waals surface area contributed by atoms with E-state index in [1.165, 1.54) is 7.11 Å². The van der Waals surface area contributed by atoms with Crippen LogP contribution in [0.3, 0.4) is 0 Å². The fraction of sp³-hybridized carbons (Fsp3) is 0.524. The van der Waals surface area contributed by atoms with Crippen LogP contribution in [0, 0.1) is 0 Å². The van der Waals surface area contributed by atoms with E-state index >= 15 is 0 Å². The fourth-order valence-corrected chi connectivity index (χ4v) is 4.03. The number of ether oxygens (including phenoxy) is 3. The predicted octanol–water partition coefficient (Wildman–Crippen LogP) is 4.54. The summed E-state index contributed by atoms with van der Waals surface area (Å²) in [4.78, 5) is 26.1. The molecule has 1 saturated heterocycles. The molecule has 1 fully saturated rings. The van der Waals surface area contributed by atoms with Gasteiger partial charge < -0.3 is 19.1 Å². The first-order chi connectivity index (χ1) is 13.2. The molecular weight excluding hydrogens is 426 g/mol. The molecule has 0 unspecified atom stereocenters. The normalized spacial score (nSPS) is 17.7. The van der Waals surface area contributed by atoms with Crippen LogP contribution < -0.4 is 4.74 Å². The van der Waals surface area contributed by atoms with Gasteiger partial charge in [-0.3, -0.25) is 0 Å². The minimum absolute atomic E-state index is 0.295. The molecule has 0 atom stereocenters. The number of piperidine rings is 1. The predicted molar refractivity (Wildman–Crippen MR) is 110 cm³/mol. The molecule has 6 nitrogen and oxygen atoms in total. The van der Waals surface area contributed by atoms with E-state index in [1.54, 1.807) is 11.0 Å². The highest BCUT2D eigenvalue weighted by atomic mass is 79.9. The highest BCUT2D eigenvalue weighted by Crippen LogP contribution is 2.41. The minimum atomic E-state index is -0.512. The Hall–Kier alpha value is -2.02. The number of benzene rings is 1. The molecule has 1 spiro atoms. The van der Waals surface area contributed by atoms with Crippen molar-refractivity contribution in [3.63, 3.8) is 0 Å². The number of esters is 1. The van der Waals surface area contributed by atoms with Crippen molar-refractivity contribution >= 4 is 34.1 Å². The third-order valence-corrected chi connectivity index (χ3v) is 5.52. The number of hydrogen-bond acceptors (Lipinski definition) is 5. The van der Waals surface area contributed by atoms with Crippen molar-refractivity contribution in [1.29, 1.82) is 0 Å². The third-order valence-electron chi connectivity index (χ3n) is 4.96. The SMILES string of the molecule is COC(=O)c1ccc2c(c1CBr)OC1(C=C2)CCN(C(=O)OC(C)(C)C)CC1. The Labute approximate surface area is 173 Å². The van der Waals surface area contributed by atoms with Crippen LogP contribution in [0.1, 0.15) is 55.1 Å². The van der Waals surface area contributed by atoms with Gasteiger partial charge in [0.1, 0.15) is 17.0 Å². The van der Waals surface area contributed by atoms with Crippen molar-refractivity contribution < 1.29 is 23.8 Å². The average Bonchev–Trinajstić information content (AvgIpc) is 2.65. The average molecular weight is 452 g/mol. The molecule has 1 amide bonds. The zero-order valence-corrected chi connectivity index (χ0v) is 18.3. The smallest absolute Gasteiger partial charge is 0.410 e. The van der Waals surface area contributed by atoms with E-state index in [9.17, 15) is 9.59 Å². The zero-order chi connectivity index (χ0) is 20.5. The highest BCUT2D eigenvalue weighted by Gasteiger charge is 2.40. The van der Waals surface area contributed by atoms with Crippen molar-refractivity contribution in [1.82, 2.24) is 4.90 Å². The molecular formula is C21H26BrNO5. The number of carbonyl (C=O) groups is 2. The maximum atomic E-state index is 12.3. The Bertz CT molecular complexity index is 804. The molecule has 2 heterocycles. The second-order valence-electron chi connectivity index (χ2n) is 8.10. The number of halogens is 1. The number of rotatable bonds is 2. The van der Waals surface area contributed by atoms with E-state index in [4.69, 9.17) is 14.2 Å². The Kier molecular flexibility index (Phi) is 5.75. The van der Waals surface area contributed by atoms with Gasteiger partial charge in [-0.25, -0.2) is 9.59 Å². The van der Waals surface area contributed by atoms with Gasteiger partial charge >= 0.3 is 12.1 Å². The van der Waals surface area contributed by atoms with Crippen molar-refractivity contribution in [3.05, 3.63) is 34.9 Å². The molecule has 0 N–H and O–H groups in total. The Morgan fingerprint density at radius 2 is 1.93 bits per heavy atom. The largest absolute Gasteiger partial charge is 0.482 e. The molecule has 0 bridgehead atoms. The third kappa shape index (κ3) is 4.19. The number of nitrogens with zero attached hydrogens (tertiary/aromatic N) is 1. The van der Waals surface area contributed by atoms with Gasteiger partial charge in [0.2, 0.25) is 0 Å². The standard InChI is InChI=1S/C21H26BrNO5/c1-20(2,3)28-19(25)23-11-9-21(10-12-23)8-7-14-5-6-15(18(24)26-4)16(13-22)17(14)27-21/h5-8H,9-13H2,1-4H3. The molecule has 2 aliphatic rings. The Morgan fingerprint density at radius 3 is 2.50 bits per heavy atom. The van der Waals surface area contributed by atoms with Crippen LogP contribution in [0.15, 0.2) is 18.2 Å². The van der Waals surface area contributed by atoms with Crippen molar-refractivity contribution in [3.8, 4) is 5.75 Å². The first-order valence-electron chi connectivity index (χ1n) is 9.34. The summed E-state index contributed by atoms with van der Waals surface area (Å²) in [5.41, 5.74) is 1.21. The van der Waals surface area contributed by atoms with E-state index in [1.807, 2.05) is 32.9 Å². The second kappa shape index (κ2) is 7.78. The van der Waals surface area contributed by atoms with Crippen LogP contribution in [-0.4, -0.2) is 48.4 Å². The molecule has 28 heavy (non-hydrogen) atoms. The molecule has 0 radical (unpaired) electrons. The quantitative estimate of drug-likeness (QED) is 0.487. The van der Waals surface area contributed by atoms with Gasteiger partial charge in [-0.15, -0.1) is 0 Å². The molecule has 7 heteroatoms. The number of fused-ring (bicyclic) bond motifs is 1. The maximum Gasteiger partial charge on any atom is 0.410 e. The van der Waals surface area contributed by atoms with Crippen LogP contribution in [0.2, 0.25) is 0 Å². The van der Waals surface area contributed by atoms with E-state index in [0.29, 0.717) is 42.6 Å². The Balaban J connectivity index is 1.79. The van der Waals surface area contributed by atoms with E-state index in [-0.39, 0.29) is 12.1 Å². The van der Waals surface area contributed by atoms with Crippen molar-refractivity contribution in [2.75, 3.05) is 20.2 Å². The van der Waals surface area contributed by atoms with Gasteiger partial charge in [0.05, 0.1) is 12.7 Å². The number of methoxy groups -OCH3 is 1. The van der Waals surface area contributed by atoms with E-state index in [2.05, 4.69) is 22.0 Å². The molecule has 3 rings (SSSR count). The Morgan fingerprint density at radius 1 is 1.25 bits per heavy atom. The van der Waals surface area contributed by atoms with E-state index < -0.39 is 11.2 Å². The summed E-state index contributed by atoms with van der Waals surface area (Å²) in [5.74, 6) is 0.317. The lowest BCUT2D eigenvalue weighted by atomic mass is 9.87. The van der Waals surface area contributed by atoms with Gasteiger partial charge in [0.25, 0.3) is 0 Å². The summed E-state index contributed by atoms with van der Waals surface area (Å²) < 4.78 is 16.8. The van der Waals surface area contributed by atoms with E-state index in [0.717, 1.165) is 11.1 Å². The van der Waals surface area contributed by atoms with Crippen molar-refractivity contribution in [2.45, 2.75) is 50.1 Å². The maximum absolute atomic E-state index is 12.3. The summed E-state index contributed by atoms with van der Waals surface area (Å²) in [5, 5.41) is 0.481. The molecule has 1 aromatic rings. The molecule has 2 aliphatic heterocycles. The van der Waals surface area contributed by atoms with Crippen LogP contribution in [0.25, 0.3) is 6.08 Å². The summed E-state index contributed by atoms with van der Waals surface area (Å²) in [6.45, 7) is 6.69. The van der Waals surface area contributed by atoms with Crippen molar-refractivity contribution in [2.24, 2.45) is 0 Å². The number of hydrogen-bond donors (Lipinski definition) is 0. The van der Waals surface area contributed by atoms with Gasteiger partial charge in [0, 0.05) is 42.4 Å². The molecule has 0 saturated carbocycles.